The summed E-state index contributed by atoms with van der Waals surface area (Å²) in [5.74, 6) is 5.42. The topological polar surface area (TPSA) is 56.8 Å². The minimum absolute atomic E-state index is 0.137. The lowest BCUT2D eigenvalue weighted by atomic mass is 10.1. The van der Waals surface area contributed by atoms with E-state index in [1.54, 1.807) is 0 Å². The molecule has 0 aromatic heterocycles. The second kappa shape index (κ2) is 9.04. The molecule has 0 bridgehead atoms. The summed E-state index contributed by atoms with van der Waals surface area (Å²) in [6.07, 6.45) is -4.50. The van der Waals surface area contributed by atoms with Crippen molar-refractivity contribution in [2.75, 3.05) is 27.9 Å². The molecule has 0 aliphatic heterocycles. The highest BCUT2D eigenvalue weighted by Gasteiger charge is 2.32. The smallest absolute Gasteiger partial charge is 0.417 e. The number of amides is 1. The van der Waals surface area contributed by atoms with E-state index in [1.165, 1.54) is 51.7 Å². The number of hydrogen-bond acceptors (Lipinski definition) is 4. The third kappa shape index (κ3) is 4.88. The van der Waals surface area contributed by atoms with Gasteiger partial charge in [-0.1, -0.05) is 24.0 Å². The number of methoxy groups -OCH3 is 3. The summed E-state index contributed by atoms with van der Waals surface area (Å²) in [5.41, 5.74) is -0.748. The largest absolute Gasteiger partial charge is 0.493 e. The summed E-state index contributed by atoms with van der Waals surface area (Å²) < 4.78 is 54.4. The molecule has 0 aliphatic carbocycles. The highest BCUT2D eigenvalue weighted by molar-refractivity contribution is 5.95. The van der Waals surface area contributed by atoms with Crippen molar-refractivity contribution in [3.8, 4) is 29.1 Å². The van der Waals surface area contributed by atoms with Gasteiger partial charge in [0.2, 0.25) is 5.75 Å². The molecule has 0 heterocycles. The van der Waals surface area contributed by atoms with Crippen molar-refractivity contribution in [2.45, 2.75) is 6.18 Å². The van der Waals surface area contributed by atoms with E-state index in [2.05, 4.69) is 17.2 Å². The summed E-state index contributed by atoms with van der Waals surface area (Å²) >= 11 is 0. The van der Waals surface area contributed by atoms with Crippen LogP contribution in [0.25, 0.3) is 0 Å². The van der Waals surface area contributed by atoms with E-state index in [1.807, 2.05) is 0 Å². The van der Waals surface area contributed by atoms with E-state index in [0.717, 1.165) is 6.07 Å². The van der Waals surface area contributed by atoms with E-state index in [0.29, 0.717) is 17.2 Å². The van der Waals surface area contributed by atoms with Crippen molar-refractivity contribution in [3.05, 3.63) is 53.1 Å². The Bertz CT molecular complexity index is 889. The van der Waals surface area contributed by atoms with Gasteiger partial charge < -0.3 is 19.5 Å². The summed E-state index contributed by atoms with van der Waals surface area (Å²) in [4.78, 5) is 12.3. The molecule has 1 N–H and O–H groups in total. The van der Waals surface area contributed by atoms with Crippen LogP contribution in [0.1, 0.15) is 21.5 Å². The van der Waals surface area contributed by atoms with Crippen LogP contribution >= 0.6 is 0 Å². The first-order valence-electron chi connectivity index (χ1n) is 8.05. The van der Waals surface area contributed by atoms with Gasteiger partial charge in [0.05, 0.1) is 33.4 Å². The molecule has 2 rings (SSSR count). The van der Waals surface area contributed by atoms with Crippen molar-refractivity contribution in [1.82, 2.24) is 5.32 Å². The van der Waals surface area contributed by atoms with Crippen molar-refractivity contribution in [3.63, 3.8) is 0 Å². The van der Waals surface area contributed by atoms with Crippen LogP contribution in [0.2, 0.25) is 0 Å². The van der Waals surface area contributed by atoms with Crippen LogP contribution in [0.4, 0.5) is 13.2 Å². The number of rotatable bonds is 5. The zero-order chi connectivity index (χ0) is 20.7. The Morgan fingerprint density at radius 2 is 1.64 bits per heavy atom. The monoisotopic (exact) mass is 393 g/mol. The van der Waals surface area contributed by atoms with Gasteiger partial charge in [0.15, 0.2) is 11.5 Å². The fourth-order valence-electron chi connectivity index (χ4n) is 2.42. The molecule has 2 aromatic carbocycles. The van der Waals surface area contributed by atoms with Crippen LogP contribution in [0.15, 0.2) is 36.4 Å². The fourth-order valence-corrected chi connectivity index (χ4v) is 2.42. The normalized spacial score (nSPS) is 10.5. The molecular weight excluding hydrogens is 375 g/mol. The number of nitrogens with one attached hydrogen (secondary N) is 1. The van der Waals surface area contributed by atoms with E-state index >= 15 is 0 Å². The first-order valence-corrected chi connectivity index (χ1v) is 8.05. The number of hydrogen-bond donors (Lipinski definition) is 1. The molecule has 0 atom stereocenters. The lowest BCUT2D eigenvalue weighted by molar-refractivity contribution is -0.137. The standard InChI is InChI=1S/C20H18F3NO4/c1-26-16-11-14(12-17(27-2)18(16)28-3)19(25)24-10-6-8-13-7-4-5-9-15(13)20(21,22)23/h4-5,7,9,11-12H,10H2,1-3H3,(H,24,25). The molecule has 1 amide bonds. The number of alkyl halides is 3. The SMILES string of the molecule is COc1cc(C(=O)NCC#Cc2ccccc2C(F)(F)F)cc(OC)c1OC. The lowest BCUT2D eigenvalue weighted by Gasteiger charge is -2.13. The predicted octanol–water partition coefficient (Wildman–Crippen LogP) is 3.51. The lowest BCUT2D eigenvalue weighted by Crippen LogP contribution is -2.23. The maximum atomic E-state index is 12.9. The molecule has 0 radical (unpaired) electrons. The van der Waals surface area contributed by atoms with E-state index in [-0.39, 0.29) is 17.7 Å². The minimum atomic E-state index is -4.50. The molecule has 2 aromatic rings. The molecule has 28 heavy (non-hydrogen) atoms. The Morgan fingerprint density at radius 3 is 2.18 bits per heavy atom. The van der Waals surface area contributed by atoms with Crippen LogP contribution in [0.5, 0.6) is 17.2 Å². The minimum Gasteiger partial charge on any atom is -0.493 e. The molecule has 0 unspecified atom stereocenters. The molecule has 0 saturated heterocycles. The van der Waals surface area contributed by atoms with Gasteiger partial charge >= 0.3 is 6.18 Å². The molecule has 0 aliphatic rings. The number of halogens is 3. The quantitative estimate of drug-likeness (QED) is 0.790. The fraction of sp³-hybridized carbons (Fsp3) is 0.250. The zero-order valence-electron chi connectivity index (χ0n) is 15.4. The van der Waals surface area contributed by atoms with Crippen molar-refractivity contribution < 1.29 is 32.2 Å². The van der Waals surface area contributed by atoms with Gasteiger partial charge in [0.25, 0.3) is 5.91 Å². The summed E-state index contributed by atoms with van der Waals surface area (Å²) in [5, 5.41) is 2.52. The van der Waals surface area contributed by atoms with Gasteiger partial charge in [-0.15, -0.1) is 0 Å². The predicted molar refractivity (Wildman–Crippen MR) is 96.8 cm³/mol. The molecule has 0 saturated carbocycles. The molecule has 0 fully saturated rings. The van der Waals surface area contributed by atoms with Gasteiger partial charge in [0, 0.05) is 11.1 Å². The Labute approximate surface area is 160 Å². The third-order valence-corrected chi connectivity index (χ3v) is 3.72. The Kier molecular flexibility index (Phi) is 6.77. The van der Waals surface area contributed by atoms with E-state index in [4.69, 9.17) is 14.2 Å². The van der Waals surface area contributed by atoms with Gasteiger partial charge in [-0.25, -0.2) is 0 Å². The van der Waals surface area contributed by atoms with E-state index in [9.17, 15) is 18.0 Å². The van der Waals surface area contributed by atoms with Crippen LogP contribution in [-0.4, -0.2) is 33.8 Å². The second-order valence-electron chi connectivity index (χ2n) is 5.44. The van der Waals surface area contributed by atoms with Crippen LogP contribution < -0.4 is 19.5 Å². The van der Waals surface area contributed by atoms with E-state index < -0.39 is 17.6 Å². The summed E-state index contributed by atoms with van der Waals surface area (Å²) in [6.45, 7) is -0.137. The maximum absolute atomic E-state index is 12.9. The molecule has 148 valence electrons. The molecule has 5 nitrogen and oxygen atoms in total. The van der Waals surface area contributed by atoms with Gasteiger partial charge in [-0.2, -0.15) is 13.2 Å². The number of benzene rings is 2. The van der Waals surface area contributed by atoms with Gasteiger partial charge in [-0.05, 0) is 24.3 Å². The van der Waals surface area contributed by atoms with Crippen molar-refractivity contribution in [2.24, 2.45) is 0 Å². The number of ether oxygens (including phenoxy) is 3. The zero-order valence-corrected chi connectivity index (χ0v) is 15.4. The summed E-state index contributed by atoms with van der Waals surface area (Å²) in [7, 11) is 4.28. The van der Waals surface area contributed by atoms with Gasteiger partial charge in [0.1, 0.15) is 0 Å². The highest BCUT2D eigenvalue weighted by Crippen LogP contribution is 2.38. The molecule has 0 spiro atoms. The Balaban J connectivity index is 2.14. The Hall–Kier alpha value is -3.34. The first kappa shape index (κ1) is 21.0. The third-order valence-electron chi connectivity index (χ3n) is 3.72. The molecular formula is C20H18F3NO4. The molecule has 8 heteroatoms. The summed E-state index contributed by atoms with van der Waals surface area (Å²) in [6, 6.07) is 7.91. The van der Waals surface area contributed by atoms with Crippen LogP contribution in [-0.2, 0) is 6.18 Å². The maximum Gasteiger partial charge on any atom is 0.417 e. The Morgan fingerprint density at radius 1 is 1.04 bits per heavy atom. The second-order valence-corrected chi connectivity index (χ2v) is 5.44. The van der Waals surface area contributed by atoms with Crippen LogP contribution in [0, 0.1) is 11.8 Å². The first-order chi connectivity index (χ1) is 13.3. The number of carbonyl (C=O) groups excluding carboxylic acids is 1. The van der Waals surface area contributed by atoms with Crippen LogP contribution in [0.3, 0.4) is 0 Å². The average molecular weight is 393 g/mol. The number of carbonyl (C=O) groups is 1. The average Bonchev–Trinajstić information content (AvgIpc) is 2.69. The highest BCUT2D eigenvalue weighted by atomic mass is 19.4. The van der Waals surface area contributed by atoms with Gasteiger partial charge in [-0.3, -0.25) is 4.79 Å². The van der Waals surface area contributed by atoms with Crippen molar-refractivity contribution >= 4 is 5.91 Å². The van der Waals surface area contributed by atoms with Crippen molar-refractivity contribution in [1.29, 1.82) is 0 Å².